The summed E-state index contributed by atoms with van der Waals surface area (Å²) >= 11 is 0. The maximum atomic E-state index is 13.8. The van der Waals surface area contributed by atoms with Gasteiger partial charge in [-0.25, -0.2) is 19.6 Å². The van der Waals surface area contributed by atoms with Crippen LogP contribution in [0.4, 0.5) is 35.7 Å². The van der Waals surface area contributed by atoms with Crippen LogP contribution >= 0.6 is 0 Å². The van der Waals surface area contributed by atoms with E-state index >= 15 is 0 Å². The van der Waals surface area contributed by atoms with Crippen LogP contribution in [0.25, 0.3) is 0 Å². The van der Waals surface area contributed by atoms with Gasteiger partial charge in [0.05, 0.1) is 5.54 Å². The Morgan fingerprint density at radius 2 is 1.60 bits per heavy atom. The molecule has 0 saturated heterocycles. The number of nitrogens with zero attached hydrogens (tertiary/aromatic N) is 3. The van der Waals surface area contributed by atoms with E-state index in [1.807, 2.05) is 0 Å². The number of carbonyl (C=O) groups excluding carboxylic acids is 3. The molecule has 1 aliphatic carbocycles. The van der Waals surface area contributed by atoms with Gasteiger partial charge >= 0.3 is 18.8 Å². The van der Waals surface area contributed by atoms with E-state index in [2.05, 4.69) is 20.6 Å². The van der Waals surface area contributed by atoms with Crippen molar-refractivity contribution in [3.63, 3.8) is 0 Å². The standard InChI is InChI=1S/C29H37F2N5O6/c1-16-13-17(14-18-19(16)23(37)35-29(18)11-9-8-10-12-29)34-21-20(40-24(30)31)22(33-15-32-21)36(25(38)41-27(2,3)4)26(39)42-28(5,6)7/h13-15,24H,8-12H2,1-7H3,(H,35,37)(H,32,33,34). The fraction of sp³-hybridized carbons (Fsp3) is 0.552. The molecule has 0 bridgehead atoms. The van der Waals surface area contributed by atoms with Gasteiger partial charge in [-0.3, -0.25) is 4.79 Å². The Hall–Kier alpha value is -4.03. The molecule has 1 aliphatic heterocycles. The molecule has 228 valence electrons. The van der Waals surface area contributed by atoms with Crippen molar-refractivity contribution < 1.29 is 37.4 Å². The Balaban J connectivity index is 1.81. The van der Waals surface area contributed by atoms with Crippen LogP contribution in [0, 0.1) is 6.92 Å². The van der Waals surface area contributed by atoms with Gasteiger partial charge in [-0.1, -0.05) is 19.3 Å². The predicted molar refractivity (Wildman–Crippen MR) is 150 cm³/mol. The first kappa shape index (κ1) is 30.9. The zero-order valence-corrected chi connectivity index (χ0v) is 24.9. The SMILES string of the molecule is Cc1cc(Nc2ncnc(N(C(=O)OC(C)(C)C)C(=O)OC(C)(C)C)c2OC(F)F)cc2c1C(=O)NC21CCCCC1. The normalized spacial score (nSPS) is 16.1. The first-order valence-electron chi connectivity index (χ1n) is 13.8. The van der Waals surface area contributed by atoms with Crippen molar-refractivity contribution in [1.29, 1.82) is 0 Å². The number of amides is 3. The van der Waals surface area contributed by atoms with Gasteiger partial charge < -0.3 is 24.8 Å². The Labute approximate surface area is 243 Å². The van der Waals surface area contributed by atoms with Crippen LogP contribution in [0.5, 0.6) is 5.75 Å². The van der Waals surface area contributed by atoms with Gasteiger partial charge in [-0.15, -0.1) is 0 Å². The number of fused-ring (bicyclic) bond motifs is 2. The van der Waals surface area contributed by atoms with Crippen LogP contribution in [-0.2, 0) is 15.0 Å². The number of nitrogens with one attached hydrogen (secondary N) is 2. The first-order valence-corrected chi connectivity index (χ1v) is 13.8. The number of ether oxygens (including phenoxy) is 3. The average molecular weight is 590 g/mol. The smallest absolute Gasteiger partial charge is 0.425 e. The monoisotopic (exact) mass is 589 g/mol. The minimum atomic E-state index is -3.36. The molecule has 1 saturated carbocycles. The molecule has 2 heterocycles. The van der Waals surface area contributed by atoms with Crippen LogP contribution in [0.2, 0.25) is 0 Å². The first-order chi connectivity index (χ1) is 19.5. The van der Waals surface area contributed by atoms with Gasteiger partial charge in [0.1, 0.15) is 17.5 Å². The van der Waals surface area contributed by atoms with Crippen molar-refractivity contribution in [2.75, 3.05) is 10.2 Å². The highest BCUT2D eigenvalue weighted by molar-refractivity contribution is 6.10. The van der Waals surface area contributed by atoms with Crippen LogP contribution in [0.1, 0.15) is 95.1 Å². The van der Waals surface area contributed by atoms with E-state index in [0.717, 1.165) is 44.0 Å². The van der Waals surface area contributed by atoms with Gasteiger partial charge in [0.15, 0.2) is 11.6 Å². The third kappa shape index (κ3) is 6.71. The molecular weight excluding hydrogens is 552 g/mol. The highest BCUT2D eigenvalue weighted by atomic mass is 19.3. The Kier molecular flexibility index (Phi) is 8.34. The van der Waals surface area contributed by atoms with Gasteiger partial charge in [-0.05, 0) is 84.6 Å². The topological polar surface area (TPSA) is 132 Å². The lowest BCUT2D eigenvalue weighted by molar-refractivity contribution is -0.0496. The molecule has 2 aliphatic rings. The van der Waals surface area contributed by atoms with E-state index < -0.39 is 47.1 Å². The van der Waals surface area contributed by atoms with E-state index in [1.54, 1.807) is 60.6 Å². The molecule has 13 heteroatoms. The average Bonchev–Trinajstić information content (AvgIpc) is 3.09. The Morgan fingerprint density at radius 3 is 2.14 bits per heavy atom. The number of anilines is 3. The van der Waals surface area contributed by atoms with Crippen LogP contribution < -0.4 is 20.3 Å². The molecule has 1 fully saturated rings. The summed E-state index contributed by atoms with van der Waals surface area (Å²) in [6, 6.07) is 3.48. The van der Waals surface area contributed by atoms with Gasteiger partial charge in [0, 0.05) is 11.3 Å². The van der Waals surface area contributed by atoms with E-state index in [0.29, 0.717) is 21.7 Å². The number of halogens is 2. The lowest BCUT2D eigenvalue weighted by Crippen LogP contribution is -2.44. The molecule has 11 nitrogen and oxygen atoms in total. The number of aryl methyl sites for hydroxylation is 1. The maximum Gasteiger partial charge on any atom is 0.425 e. The second-order valence-electron chi connectivity index (χ2n) is 12.5. The molecule has 2 N–H and O–H groups in total. The Morgan fingerprint density at radius 1 is 1.00 bits per heavy atom. The van der Waals surface area contributed by atoms with Gasteiger partial charge in [-0.2, -0.15) is 13.7 Å². The van der Waals surface area contributed by atoms with E-state index in [4.69, 9.17) is 14.2 Å². The molecule has 42 heavy (non-hydrogen) atoms. The minimum Gasteiger partial charge on any atom is -0.443 e. The van der Waals surface area contributed by atoms with Gasteiger partial charge in [0.2, 0.25) is 5.75 Å². The molecule has 0 unspecified atom stereocenters. The number of hydrogen-bond acceptors (Lipinski definition) is 9. The zero-order chi connectivity index (χ0) is 31.0. The molecule has 1 aromatic heterocycles. The van der Waals surface area contributed by atoms with Crippen LogP contribution in [0.3, 0.4) is 0 Å². The second kappa shape index (κ2) is 11.3. The van der Waals surface area contributed by atoms with E-state index in [-0.39, 0.29) is 11.7 Å². The molecule has 4 rings (SSSR count). The predicted octanol–water partition coefficient (Wildman–Crippen LogP) is 6.71. The van der Waals surface area contributed by atoms with Crippen LogP contribution in [0.15, 0.2) is 18.5 Å². The molecular formula is C29H37F2N5O6. The summed E-state index contributed by atoms with van der Waals surface area (Å²) < 4.78 is 43.0. The molecule has 1 spiro atoms. The Bertz CT molecular complexity index is 1350. The number of carbonyl (C=O) groups is 3. The van der Waals surface area contributed by atoms with Crippen LogP contribution in [-0.4, -0.2) is 45.9 Å². The number of aromatic nitrogens is 2. The van der Waals surface area contributed by atoms with Crippen molar-refractivity contribution in [1.82, 2.24) is 15.3 Å². The summed E-state index contributed by atoms with van der Waals surface area (Å²) in [6.45, 7) is 7.91. The lowest BCUT2D eigenvalue weighted by Gasteiger charge is -2.34. The summed E-state index contributed by atoms with van der Waals surface area (Å²) in [6.07, 6.45) is 3.14. The number of hydrogen-bond donors (Lipinski definition) is 2. The zero-order valence-electron chi connectivity index (χ0n) is 24.9. The summed E-state index contributed by atoms with van der Waals surface area (Å²) in [5, 5.41) is 6.14. The second-order valence-corrected chi connectivity index (χ2v) is 12.5. The summed E-state index contributed by atoms with van der Waals surface area (Å²) in [5.74, 6) is -1.67. The fourth-order valence-electron chi connectivity index (χ4n) is 5.24. The lowest BCUT2D eigenvalue weighted by atomic mass is 9.77. The molecule has 0 radical (unpaired) electrons. The summed E-state index contributed by atoms with van der Waals surface area (Å²) in [7, 11) is 0. The van der Waals surface area contributed by atoms with Gasteiger partial charge in [0.25, 0.3) is 5.91 Å². The molecule has 2 aromatic rings. The highest BCUT2D eigenvalue weighted by Gasteiger charge is 2.44. The summed E-state index contributed by atoms with van der Waals surface area (Å²) in [5.41, 5.74) is -0.0474. The van der Waals surface area contributed by atoms with Crippen molar-refractivity contribution in [3.05, 3.63) is 35.2 Å². The number of alkyl halides is 2. The van der Waals surface area contributed by atoms with Crippen molar-refractivity contribution in [2.24, 2.45) is 0 Å². The number of imide groups is 1. The molecule has 1 aromatic carbocycles. The number of benzene rings is 1. The van der Waals surface area contributed by atoms with E-state index in [9.17, 15) is 23.2 Å². The summed E-state index contributed by atoms with van der Waals surface area (Å²) in [4.78, 5) is 47.8. The van der Waals surface area contributed by atoms with Crippen molar-refractivity contribution in [3.8, 4) is 5.75 Å². The minimum absolute atomic E-state index is 0.146. The number of rotatable bonds is 5. The van der Waals surface area contributed by atoms with Crippen molar-refractivity contribution in [2.45, 2.75) is 104 Å². The molecule has 0 atom stereocenters. The quantitative estimate of drug-likeness (QED) is 0.390. The van der Waals surface area contributed by atoms with E-state index in [1.165, 1.54) is 0 Å². The molecule has 3 amide bonds. The highest BCUT2D eigenvalue weighted by Crippen LogP contribution is 2.45. The maximum absolute atomic E-state index is 13.8. The van der Waals surface area contributed by atoms with Crippen molar-refractivity contribution >= 4 is 35.4 Å². The largest absolute Gasteiger partial charge is 0.443 e. The third-order valence-electron chi connectivity index (χ3n) is 6.76. The fourth-order valence-corrected chi connectivity index (χ4v) is 5.24. The third-order valence-corrected chi connectivity index (χ3v) is 6.76.